The molecule has 32 heavy (non-hydrogen) atoms. The number of carbonyl (C=O) groups is 2. The maximum absolute atomic E-state index is 13.8. The minimum Gasteiger partial charge on any atom is -0.490 e. The number of anilines is 2. The fraction of sp³-hybridized carbons (Fsp3) is 0.136. The van der Waals surface area contributed by atoms with E-state index in [9.17, 15) is 18.4 Å². The van der Waals surface area contributed by atoms with Gasteiger partial charge in [-0.05, 0) is 42.5 Å². The van der Waals surface area contributed by atoms with Crippen molar-refractivity contribution in [1.29, 1.82) is 0 Å². The van der Waals surface area contributed by atoms with E-state index in [0.717, 1.165) is 24.3 Å². The summed E-state index contributed by atoms with van der Waals surface area (Å²) < 4.78 is 37.8. The molecule has 166 valence electrons. The molecule has 0 fully saturated rings. The van der Waals surface area contributed by atoms with Crippen molar-refractivity contribution in [2.24, 2.45) is 0 Å². The van der Waals surface area contributed by atoms with Gasteiger partial charge in [0.1, 0.15) is 29.8 Å². The van der Waals surface area contributed by atoms with E-state index in [-0.39, 0.29) is 41.6 Å². The molecule has 0 aliphatic rings. The summed E-state index contributed by atoms with van der Waals surface area (Å²) in [5.74, 6) is -2.46. The van der Waals surface area contributed by atoms with Crippen LogP contribution in [0.3, 0.4) is 0 Å². The van der Waals surface area contributed by atoms with Crippen molar-refractivity contribution in [3.63, 3.8) is 0 Å². The summed E-state index contributed by atoms with van der Waals surface area (Å²) in [6, 6.07) is 9.71. The largest absolute Gasteiger partial charge is 0.490 e. The van der Waals surface area contributed by atoms with E-state index >= 15 is 0 Å². The van der Waals surface area contributed by atoms with Crippen LogP contribution in [0.4, 0.5) is 20.3 Å². The van der Waals surface area contributed by atoms with Gasteiger partial charge in [0.25, 0.3) is 11.8 Å². The lowest BCUT2D eigenvalue weighted by atomic mass is 10.1. The Kier molecular flexibility index (Phi) is 7.69. The van der Waals surface area contributed by atoms with Crippen LogP contribution < -0.4 is 15.4 Å². The second-order valence-corrected chi connectivity index (χ2v) is 6.88. The van der Waals surface area contributed by atoms with E-state index < -0.39 is 23.4 Å². The van der Waals surface area contributed by atoms with Crippen LogP contribution in [0.5, 0.6) is 5.75 Å². The zero-order valence-electron chi connectivity index (χ0n) is 16.8. The molecule has 2 amide bonds. The lowest BCUT2D eigenvalue weighted by molar-refractivity contribution is 0.101. The fourth-order valence-corrected chi connectivity index (χ4v) is 2.79. The lowest BCUT2D eigenvalue weighted by Crippen LogP contribution is -2.20. The van der Waals surface area contributed by atoms with Gasteiger partial charge in [0.05, 0.1) is 28.4 Å². The Hall–Kier alpha value is -3.56. The quantitative estimate of drug-likeness (QED) is 0.481. The molecular weight excluding hydrogens is 444 g/mol. The Bertz CT molecular complexity index is 1130. The molecule has 0 saturated carbocycles. The lowest BCUT2D eigenvalue weighted by Gasteiger charge is -2.14. The number of hydrogen-bond acceptors (Lipinski definition) is 5. The smallest absolute Gasteiger partial charge is 0.259 e. The second-order valence-electron chi connectivity index (χ2n) is 6.44. The molecule has 0 aliphatic carbocycles. The van der Waals surface area contributed by atoms with Gasteiger partial charge in [-0.15, -0.1) is 0 Å². The molecule has 0 bridgehead atoms. The third-order valence-electron chi connectivity index (χ3n) is 4.18. The third kappa shape index (κ3) is 5.99. The van der Waals surface area contributed by atoms with Crippen molar-refractivity contribution in [2.45, 2.75) is 0 Å². The average Bonchev–Trinajstić information content (AvgIpc) is 2.76. The minimum atomic E-state index is -0.703. The number of hydrogen-bond donors (Lipinski definition) is 2. The first-order chi connectivity index (χ1) is 15.4. The Labute approximate surface area is 187 Å². The van der Waals surface area contributed by atoms with E-state index in [2.05, 4.69) is 15.6 Å². The maximum atomic E-state index is 13.8. The molecule has 7 nitrogen and oxygen atoms in total. The van der Waals surface area contributed by atoms with Crippen LogP contribution in [0.25, 0.3) is 0 Å². The number of rotatable bonds is 8. The van der Waals surface area contributed by atoms with Gasteiger partial charge in [0.15, 0.2) is 0 Å². The molecule has 10 heteroatoms. The van der Waals surface area contributed by atoms with Crippen LogP contribution >= 0.6 is 11.6 Å². The van der Waals surface area contributed by atoms with Crippen molar-refractivity contribution >= 4 is 34.9 Å². The first-order valence-corrected chi connectivity index (χ1v) is 9.70. The molecule has 2 aromatic carbocycles. The van der Waals surface area contributed by atoms with Gasteiger partial charge in [0.2, 0.25) is 0 Å². The van der Waals surface area contributed by atoms with Gasteiger partial charge in [0, 0.05) is 19.4 Å². The predicted octanol–water partition coefficient (Wildman–Crippen LogP) is 4.54. The Morgan fingerprint density at radius 2 is 1.66 bits per heavy atom. The van der Waals surface area contributed by atoms with Crippen molar-refractivity contribution in [3.05, 3.63) is 82.5 Å². The third-order valence-corrected chi connectivity index (χ3v) is 4.40. The van der Waals surface area contributed by atoms with Gasteiger partial charge in [-0.25, -0.2) is 13.8 Å². The van der Waals surface area contributed by atoms with Crippen molar-refractivity contribution in [3.8, 4) is 5.75 Å². The summed E-state index contributed by atoms with van der Waals surface area (Å²) >= 11 is 5.78. The van der Waals surface area contributed by atoms with Crippen LogP contribution in [0.2, 0.25) is 5.02 Å². The first kappa shape index (κ1) is 23.1. The van der Waals surface area contributed by atoms with Crippen LogP contribution in [0, 0.1) is 11.6 Å². The number of halogens is 3. The van der Waals surface area contributed by atoms with Crippen LogP contribution in [0.1, 0.15) is 20.7 Å². The van der Waals surface area contributed by atoms with E-state index in [0.29, 0.717) is 5.02 Å². The minimum absolute atomic E-state index is 0.00183. The molecule has 3 rings (SSSR count). The topological polar surface area (TPSA) is 89.5 Å². The molecule has 0 spiro atoms. The van der Waals surface area contributed by atoms with Crippen LogP contribution in [0.15, 0.2) is 54.7 Å². The van der Waals surface area contributed by atoms with Gasteiger partial charge in [-0.3, -0.25) is 9.59 Å². The van der Waals surface area contributed by atoms with Crippen molar-refractivity contribution in [2.75, 3.05) is 31.0 Å². The number of amides is 2. The number of benzene rings is 2. The van der Waals surface area contributed by atoms with Gasteiger partial charge in [-0.1, -0.05) is 11.6 Å². The summed E-state index contributed by atoms with van der Waals surface area (Å²) in [6.07, 6.45) is 1.34. The molecule has 1 aromatic heterocycles. The van der Waals surface area contributed by atoms with E-state index in [1.165, 1.54) is 37.6 Å². The number of pyridine rings is 1. The number of ether oxygens (including phenoxy) is 2. The van der Waals surface area contributed by atoms with Crippen molar-refractivity contribution in [1.82, 2.24) is 4.98 Å². The number of nitrogens with zero attached hydrogens (tertiary/aromatic N) is 1. The summed E-state index contributed by atoms with van der Waals surface area (Å²) in [4.78, 5) is 29.5. The number of aromatic nitrogens is 1. The van der Waals surface area contributed by atoms with E-state index in [1.807, 2.05) is 0 Å². The summed E-state index contributed by atoms with van der Waals surface area (Å²) in [5.41, 5.74) is -0.0772. The number of methoxy groups -OCH3 is 1. The molecule has 0 unspecified atom stereocenters. The molecule has 0 saturated heterocycles. The van der Waals surface area contributed by atoms with Crippen LogP contribution in [-0.4, -0.2) is 37.1 Å². The number of carbonyl (C=O) groups excluding carboxylic acids is 2. The molecule has 1 heterocycles. The zero-order valence-corrected chi connectivity index (χ0v) is 17.6. The highest BCUT2D eigenvalue weighted by molar-refractivity contribution is 6.30. The standard InChI is InChI=1S/C22H18ClF2N3O4/c1-31-8-9-32-19-11-15(25)3-5-16(19)21(29)27-18-6-4-14(24)10-17(18)22(30)28-20-7-2-13(23)12-26-20/h2-7,10-12H,8-9H2,1H3,(H,27,29)(H,26,28,30). The normalized spacial score (nSPS) is 10.5. The highest BCUT2D eigenvalue weighted by atomic mass is 35.5. The Morgan fingerprint density at radius 1 is 0.938 bits per heavy atom. The highest BCUT2D eigenvalue weighted by Crippen LogP contribution is 2.24. The summed E-state index contributed by atoms with van der Waals surface area (Å²) in [7, 11) is 1.48. The van der Waals surface area contributed by atoms with Crippen LogP contribution in [-0.2, 0) is 4.74 Å². The molecule has 3 aromatic rings. The average molecular weight is 462 g/mol. The SMILES string of the molecule is COCCOc1cc(F)ccc1C(=O)Nc1ccc(F)cc1C(=O)Nc1ccc(Cl)cn1. The monoisotopic (exact) mass is 461 g/mol. The summed E-state index contributed by atoms with van der Waals surface area (Å²) in [6.45, 7) is 0.330. The van der Waals surface area contributed by atoms with Gasteiger partial charge in [-0.2, -0.15) is 0 Å². The second kappa shape index (κ2) is 10.7. The first-order valence-electron chi connectivity index (χ1n) is 9.32. The zero-order chi connectivity index (χ0) is 23.1. The molecule has 2 N–H and O–H groups in total. The number of nitrogens with one attached hydrogen (secondary N) is 2. The summed E-state index contributed by atoms with van der Waals surface area (Å²) in [5, 5.41) is 5.42. The Morgan fingerprint density at radius 3 is 2.38 bits per heavy atom. The molecule has 0 atom stereocenters. The molecule has 0 aliphatic heterocycles. The van der Waals surface area contributed by atoms with E-state index in [1.54, 1.807) is 0 Å². The van der Waals surface area contributed by atoms with Crippen molar-refractivity contribution < 1.29 is 27.8 Å². The highest BCUT2D eigenvalue weighted by Gasteiger charge is 2.19. The van der Waals surface area contributed by atoms with Gasteiger partial charge >= 0.3 is 0 Å². The fourth-order valence-electron chi connectivity index (χ4n) is 2.67. The molecular formula is C22H18ClF2N3O4. The maximum Gasteiger partial charge on any atom is 0.259 e. The molecule has 0 radical (unpaired) electrons. The Balaban J connectivity index is 1.84. The van der Waals surface area contributed by atoms with Gasteiger partial charge < -0.3 is 20.1 Å². The van der Waals surface area contributed by atoms with E-state index in [4.69, 9.17) is 21.1 Å². The predicted molar refractivity (Wildman–Crippen MR) is 115 cm³/mol.